The Balaban J connectivity index is 1.47. The SMILES string of the molecule is COc1ccc(C(=O)CSc2cccc(NC(=O)/C(=C/c3ccc(F)cc3)NC(=O)c3ccccc3)c2)cc1OC. The number of ether oxygens (including phenoxy) is 2. The van der Waals surface area contributed by atoms with E-state index >= 15 is 0 Å². The molecule has 0 saturated carbocycles. The van der Waals surface area contributed by atoms with Gasteiger partial charge in [0.05, 0.1) is 20.0 Å². The molecule has 2 N–H and O–H groups in total. The summed E-state index contributed by atoms with van der Waals surface area (Å²) in [6.45, 7) is 0. The molecule has 0 aliphatic carbocycles. The van der Waals surface area contributed by atoms with Crippen molar-refractivity contribution in [2.75, 3.05) is 25.3 Å². The topological polar surface area (TPSA) is 93.7 Å². The number of anilines is 1. The standard InChI is InChI=1S/C32H27FN2O5S/c1-39-29-16-13-23(18-30(29)40-2)28(36)20-41-26-10-6-9-25(19-26)34-32(38)27(17-21-11-14-24(33)15-12-21)35-31(37)22-7-4-3-5-8-22/h3-19H,20H2,1-2H3,(H,34,38)(H,35,37)/b27-17-. The number of ketones is 1. The largest absolute Gasteiger partial charge is 0.493 e. The third kappa shape index (κ3) is 8.06. The number of halogens is 1. The molecule has 4 aromatic carbocycles. The molecule has 4 aromatic rings. The lowest BCUT2D eigenvalue weighted by Crippen LogP contribution is -2.30. The van der Waals surface area contributed by atoms with Gasteiger partial charge in [-0.1, -0.05) is 36.4 Å². The zero-order chi connectivity index (χ0) is 29.2. The summed E-state index contributed by atoms with van der Waals surface area (Å²) in [5.41, 5.74) is 1.85. The molecule has 0 heterocycles. The molecule has 208 valence electrons. The first-order chi connectivity index (χ1) is 19.9. The Labute approximate surface area is 241 Å². The minimum absolute atomic E-state index is 0.0212. The number of carbonyl (C=O) groups excluding carboxylic acids is 3. The highest BCUT2D eigenvalue weighted by molar-refractivity contribution is 8.00. The summed E-state index contributed by atoms with van der Waals surface area (Å²) in [6.07, 6.45) is 1.47. The lowest BCUT2D eigenvalue weighted by atomic mass is 10.1. The Morgan fingerprint density at radius 2 is 1.54 bits per heavy atom. The molecule has 0 saturated heterocycles. The predicted octanol–water partition coefficient (Wildman–Crippen LogP) is 6.23. The van der Waals surface area contributed by atoms with Crippen LogP contribution in [0, 0.1) is 5.82 Å². The van der Waals surface area contributed by atoms with Gasteiger partial charge in [0.1, 0.15) is 11.5 Å². The second-order valence-corrected chi connectivity index (χ2v) is 9.74. The average Bonchev–Trinajstić information content (AvgIpc) is 3.00. The van der Waals surface area contributed by atoms with Gasteiger partial charge in [0.15, 0.2) is 17.3 Å². The zero-order valence-corrected chi connectivity index (χ0v) is 23.2. The maximum Gasteiger partial charge on any atom is 0.272 e. The number of benzene rings is 4. The first-order valence-electron chi connectivity index (χ1n) is 12.5. The van der Waals surface area contributed by atoms with E-state index in [2.05, 4.69) is 10.6 Å². The second-order valence-electron chi connectivity index (χ2n) is 8.69. The van der Waals surface area contributed by atoms with Crippen LogP contribution in [0.3, 0.4) is 0 Å². The summed E-state index contributed by atoms with van der Waals surface area (Å²) in [4.78, 5) is 39.6. The highest BCUT2D eigenvalue weighted by atomic mass is 32.2. The maximum atomic E-state index is 13.4. The molecule has 41 heavy (non-hydrogen) atoms. The van der Waals surface area contributed by atoms with Crippen molar-refractivity contribution in [1.29, 1.82) is 0 Å². The van der Waals surface area contributed by atoms with E-state index in [0.717, 1.165) is 4.90 Å². The molecular formula is C32H27FN2O5S. The molecule has 0 radical (unpaired) electrons. The minimum atomic E-state index is -0.567. The van der Waals surface area contributed by atoms with Gasteiger partial charge in [-0.05, 0) is 72.3 Å². The van der Waals surface area contributed by atoms with Crippen LogP contribution in [0.4, 0.5) is 10.1 Å². The lowest BCUT2D eigenvalue weighted by molar-refractivity contribution is -0.113. The van der Waals surface area contributed by atoms with Crippen LogP contribution < -0.4 is 20.1 Å². The summed E-state index contributed by atoms with van der Waals surface area (Å²) in [7, 11) is 3.04. The van der Waals surface area contributed by atoms with Crippen molar-refractivity contribution in [1.82, 2.24) is 5.32 Å². The summed E-state index contributed by atoms with van der Waals surface area (Å²) < 4.78 is 23.9. The van der Waals surface area contributed by atoms with Gasteiger partial charge in [0.25, 0.3) is 11.8 Å². The van der Waals surface area contributed by atoms with Gasteiger partial charge >= 0.3 is 0 Å². The molecule has 0 bridgehead atoms. The number of Topliss-reactive ketones (excluding diaryl/α,β-unsaturated/α-hetero) is 1. The Morgan fingerprint density at radius 3 is 2.24 bits per heavy atom. The third-order valence-electron chi connectivity index (χ3n) is 5.88. The fourth-order valence-electron chi connectivity index (χ4n) is 3.77. The van der Waals surface area contributed by atoms with E-state index in [1.165, 1.54) is 56.3 Å². The Hall–Kier alpha value is -4.89. The number of methoxy groups -OCH3 is 2. The minimum Gasteiger partial charge on any atom is -0.493 e. The quantitative estimate of drug-likeness (QED) is 0.126. The monoisotopic (exact) mass is 570 g/mol. The predicted molar refractivity (Wildman–Crippen MR) is 158 cm³/mol. The maximum absolute atomic E-state index is 13.4. The molecule has 0 unspecified atom stereocenters. The van der Waals surface area contributed by atoms with Crippen molar-refractivity contribution in [3.8, 4) is 11.5 Å². The van der Waals surface area contributed by atoms with Crippen molar-refractivity contribution in [3.05, 3.63) is 125 Å². The highest BCUT2D eigenvalue weighted by Gasteiger charge is 2.16. The summed E-state index contributed by atoms with van der Waals surface area (Å²) in [6, 6.07) is 26.0. The van der Waals surface area contributed by atoms with Crippen LogP contribution in [0.1, 0.15) is 26.3 Å². The van der Waals surface area contributed by atoms with Crippen LogP contribution in [0.25, 0.3) is 6.08 Å². The summed E-state index contributed by atoms with van der Waals surface area (Å²) in [5.74, 6) is -0.381. The summed E-state index contributed by atoms with van der Waals surface area (Å²) in [5, 5.41) is 5.45. The second kappa shape index (κ2) is 14.0. The highest BCUT2D eigenvalue weighted by Crippen LogP contribution is 2.29. The summed E-state index contributed by atoms with van der Waals surface area (Å²) >= 11 is 1.32. The molecule has 0 atom stereocenters. The number of hydrogen-bond acceptors (Lipinski definition) is 6. The number of rotatable bonds is 11. The van der Waals surface area contributed by atoms with Crippen LogP contribution in [0.15, 0.2) is 108 Å². The number of amides is 2. The van der Waals surface area contributed by atoms with E-state index in [0.29, 0.717) is 33.9 Å². The number of thioether (sulfide) groups is 1. The number of nitrogens with one attached hydrogen (secondary N) is 2. The van der Waals surface area contributed by atoms with Crippen molar-refractivity contribution in [3.63, 3.8) is 0 Å². The van der Waals surface area contributed by atoms with Crippen molar-refractivity contribution < 1.29 is 28.2 Å². The van der Waals surface area contributed by atoms with Gasteiger partial charge in [-0.2, -0.15) is 0 Å². The van der Waals surface area contributed by atoms with Gasteiger partial charge in [-0.3, -0.25) is 14.4 Å². The zero-order valence-electron chi connectivity index (χ0n) is 22.3. The average molecular weight is 571 g/mol. The molecule has 0 aliphatic rings. The van der Waals surface area contributed by atoms with Gasteiger partial charge < -0.3 is 20.1 Å². The number of hydrogen-bond donors (Lipinski definition) is 2. The van der Waals surface area contributed by atoms with Crippen LogP contribution in [0.2, 0.25) is 0 Å². The molecule has 0 aromatic heterocycles. The van der Waals surface area contributed by atoms with Crippen molar-refractivity contribution in [2.45, 2.75) is 4.90 Å². The molecule has 7 nitrogen and oxygen atoms in total. The van der Waals surface area contributed by atoms with Crippen LogP contribution >= 0.6 is 11.8 Å². The molecule has 0 fully saturated rings. The Bertz CT molecular complexity index is 1570. The van der Waals surface area contributed by atoms with Gasteiger partial charge in [0, 0.05) is 21.7 Å². The molecule has 0 aliphatic heterocycles. The Kier molecular flexibility index (Phi) is 9.90. The van der Waals surface area contributed by atoms with Gasteiger partial charge in [-0.25, -0.2) is 4.39 Å². The molecule has 4 rings (SSSR count). The smallest absolute Gasteiger partial charge is 0.272 e. The van der Waals surface area contributed by atoms with Gasteiger partial charge in [0.2, 0.25) is 0 Å². The molecule has 9 heteroatoms. The third-order valence-corrected chi connectivity index (χ3v) is 6.87. The normalized spacial score (nSPS) is 11.0. The van der Waals surface area contributed by atoms with E-state index in [4.69, 9.17) is 9.47 Å². The van der Waals surface area contributed by atoms with E-state index in [-0.39, 0.29) is 17.2 Å². The fraction of sp³-hybridized carbons (Fsp3) is 0.0938. The first-order valence-corrected chi connectivity index (χ1v) is 13.5. The van der Waals surface area contributed by atoms with Crippen LogP contribution in [0.5, 0.6) is 11.5 Å². The first kappa shape index (κ1) is 29.1. The van der Waals surface area contributed by atoms with E-state index in [1.807, 2.05) is 6.07 Å². The van der Waals surface area contributed by atoms with Crippen molar-refractivity contribution >= 4 is 41.1 Å². The lowest BCUT2D eigenvalue weighted by Gasteiger charge is -2.12. The van der Waals surface area contributed by atoms with E-state index in [1.54, 1.807) is 66.7 Å². The molecule has 2 amide bonds. The fourth-order valence-corrected chi connectivity index (χ4v) is 4.62. The van der Waals surface area contributed by atoms with Crippen LogP contribution in [-0.2, 0) is 4.79 Å². The van der Waals surface area contributed by atoms with E-state index < -0.39 is 17.6 Å². The molecule has 0 spiro atoms. The van der Waals surface area contributed by atoms with Crippen LogP contribution in [-0.4, -0.2) is 37.6 Å². The Morgan fingerprint density at radius 1 is 0.805 bits per heavy atom. The number of carbonyl (C=O) groups is 3. The van der Waals surface area contributed by atoms with Crippen molar-refractivity contribution in [2.24, 2.45) is 0 Å². The van der Waals surface area contributed by atoms with E-state index in [9.17, 15) is 18.8 Å². The molecular weight excluding hydrogens is 543 g/mol. The van der Waals surface area contributed by atoms with Gasteiger partial charge in [-0.15, -0.1) is 11.8 Å².